The van der Waals surface area contributed by atoms with Gasteiger partial charge in [0.15, 0.2) is 5.65 Å². The van der Waals surface area contributed by atoms with E-state index in [0.717, 1.165) is 20.6 Å². The van der Waals surface area contributed by atoms with Gasteiger partial charge < -0.3 is 0 Å². The average Bonchev–Trinajstić information content (AvgIpc) is 2.32. The van der Waals surface area contributed by atoms with E-state index >= 15 is 0 Å². The molecule has 0 atom stereocenters. The molecule has 0 aromatic carbocycles. The fourth-order valence-corrected chi connectivity index (χ4v) is 1.38. The van der Waals surface area contributed by atoms with Gasteiger partial charge in [0.1, 0.15) is 9.53 Å². The molecule has 2 aromatic rings. The molecule has 11 heavy (non-hydrogen) atoms. The first-order valence-electron chi connectivity index (χ1n) is 3.10. The van der Waals surface area contributed by atoms with Crippen LogP contribution >= 0.6 is 22.6 Å². The van der Waals surface area contributed by atoms with Gasteiger partial charge in [-0.2, -0.15) is 5.10 Å². The largest absolute Gasteiger partial charge is 0.260 e. The van der Waals surface area contributed by atoms with Crippen LogP contribution in [0.3, 0.4) is 0 Å². The molecule has 2 rings (SSSR count). The van der Waals surface area contributed by atoms with Crippen molar-refractivity contribution < 1.29 is 0 Å². The van der Waals surface area contributed by atoms with Crippen molar-refractivity contribution in [1.29, 1.82) is 0 Å². The molecule has 1 N–H and O–H groups in total. The molecule has 0 aliphatic rings. The minimum atomic E-state index is 0.762. The van der Waals surface area contributed by atoms with E-state index in [1.54, 1.807) is 6.20 Å². The van der Waals surface area contributed by atoms with Crippen LogP contribution in [0.4, 0.5) is 0 Å². The number of nitrogens with one attached hydrogen (secondary N) is 1. The van der Waals surface area contributed by atoms with Crippen LogP contribution in [0.1, 0.15) is 5.82 Å². The van der Waals surface area contributed by atoms with Crippen molar-refractivity contribution in [2.24, 2.45) is 0 Å². The molecule has 0 amide bonds. The van der Waals surface area contributed by atoms with Crippen LogP contribution in [-0.4, -0.2) is 20.2 Å². The zero-order valence-corrected chi connectivity index (χ0v) is 7.95. The zero-order valence-electron chi connectivity index (χ0n) is 5.80. The Hall–Kier alpha value is -0.720. The molecule has 0 bridgehead atoms. The molecule has 5 heteroatoms. The molecule has 0 aliphatic carbocycles. The lowest BCUT2D eigenvalue weighted by Gasteiger charge is -1.88. The Bertz CT molecular complexity index is 394. The van der Waals surface area contributed by atoms with Gasteiger partial charge in [-0.3, -0.25) is 5.10 Å². The Labute approximate surface area is 76.6 Å². The van der Waals surface area contributed by atoms with Gasteiger partial charge in [-0.05, 0) is 29.5 Å². The van der Waals surface area contributed by atoms with Crippen LogP contribution < -0.4 is 0 Å². The van der Waals surface area contributed by atoms with Crippen molar-refractivity contribution in [3.63, 3.8) is 0 Å². The van der Waals surface area contributed by atoms with E-state index in [-0.39, 0.29) is 0 Å². The number of aromatic amines is 1. The molecule has 2 aromatic heterocycles. The topological polar surface area (TPSA) is 54.5 Å². The standard InChI is InChI=1S/C6H5IN4/c1-3-8-2-4-5(7)10-11-6(4)9-3/h2H,1H3,(H,8,9,10,11). The summed E-state index contributed by atoms with van der Waals surface area (Å²) in [5, 5.41) is 7.80. The fourth-order valence-electron chi connectivity index (χ4n) is 0.868. The highest BCUT2D eigenvalue weighted by Crippen LogP contribution is 2.13. The maximum Gasteiger partial charge on any atom is 0.159 e. The Morgan fingerprint density at radius 3 is 3.18 bits per heavy atom. The van der Waals surface area contributed by atoms with Gasteiger partial charge in [0.05, 0.1) is 5.39 Å². The van der Waals surface area contributed by atoms with Gasteiger partial charge in [-0.15, -0.1) is 0 Å². The van der Waals surface area contributed by atoms with E-state index in [0.29, 0.717) is 0 Å². The van der Waals surface area contributed by atoms with Gasteiger partial charge >= 0.3 is 0 Å². The molecule has 0 spiro atoms. The Balaban J connectivity index is 2.86. The summed E-state index contributed by atoms with van der Waals surface area (Å²) in [5.41, 5.74) is 0.807. The first kappa shape index (κ1) is 6.96. The Morgan fingerprint density at radius 1 is 1.55 bits per heavy atom. The molecule has 4 nitrogen and oxygen atoms in total. The summed E-state index contributed by atoms with van der Waals surface area (Å²) >= 11 is 2.14. The quantitative estimate of drug-likeness (QED) is 0.725. The highest BCUT2D eigenvalue weighted by Gasteiger charge is 2.02. The number of H-pyrrole nitrogens is 1. The van der Waals surface area contributed by atoms with Gasteiger partial charge in [0.25, 0.3) is 0 Å². The number of hydrogen-bond acceptors (Lipinski definition) is 3. The van der Waals surface area contributed by atoms with Crippen molar-refractivity contribution in [1.82, 2.24) is 20.2 Å². The normalized spacial score (nSPS) is 10.7. The van der Waals surface area contributed by atoms with Crippen molar-refractivity contribution in [2.45, 2.75) is 6.92 Å². The summed E-state index contributed by atoms with van der Waals surface area (Å²) < 4.78 is 0.914. The van der Waals surface area contributed by atoms with Gasteiger partial charge in [0, 0.05) is 6.20 Å². The van der Waals surface area contributed by atoms with E-state index in [1.165, 1.54) is 0 Å². The number of aromatic nitrogens is 4. The lowest BCUT2D eigenvalue weighted by atomic mass is 10.4. The smallest absolute Gasteiger partial charge is 0.159 e. The highest BCUT2D eigenvalue weighted by atomic mass is 127. The van der Waals surface area contributed by atoms with Crippen LogP contribution in [0.5, 0.6) is 0 Å². The van der Waals surface area contributed by atoms with E-state index < -0.39 is 0 Å². The second kappa shape index (κ2) is 2.40. The summed E-state index contributed by atoms with van der Waals surface area (Å²) in [6, 6.07) is 0. The van der Waals surface area contributed by atoms with Crippen molar-refractivity contribution in [2.75, 3.05) is 0 Å². The third-order valence-corrected chi connectivity index (χ3v) is 2.21. The third kappa shape index (κ3) is 1.09. The molecule has 0 saturated carbocycles. The average molecular weight is 260 g/mol. The molecule has 0 radical (unpaired) electrons. The summed E-state index contributed by atoms with van der Waals surface area (Å²) in [6.45, 7) is 1.85. The molecule has 0 fully saturated rings. The van der Waals surface area contributed by atoms with Crippen LogP contribution in [0.25, 0.3) is 11.0 Å². The molecule has 0 saturated heterocycles. The first-order chi connectivity index (χ1) is 5.27. The summed E-state index contributed by atoms with van der Waals surface area (Å²) in [6.07, 6.45) is 1.78. The van der Waals surface area contributed by atoms with Crippen LogP contribution in [0, 0.1) is 10.6 Å². The maximum absolute atomic E-state index is 4.16. The lowest BCUT2D eigenvalue weighted by molar-refractivity contribution is 1.04. The Morgan fingerprint density at radius 2 is 2.36 bits per heavy atom. The predicted molar refractivity (Wildman–Crippen MR) is 49.1 cm³/mol. The summed E-state index contributed by atoms with van der Waals surface area (Å²) in [5.74, 6) is 0.762. The highest BCUT2D eigenvalue weighted by molar-refractivity contribution is 14.1. The Kier molecular flexibility index (Phi) is 1.52. The van der Waals surface area contributed by atoms with E-state index in [1.807, 2.05) is 6.92 Å². The SMILES string of the molecule is Cc1ncc2c(I)n[nH]c2n1. The molecule has 2 heterocycles. The number of fused-ring (bicyclic) bond motifs is 1. The van der Waals surface area contributed by atoms with Gasteiger partial charge in [0.2, 0.25) is 0 Å². The molecule has 0 aliphatic heterocycles. The minimum absolute atomic E-state index is 0.762. The molecular weight excluding hydrogens is 255 g/mol. The summed E-state index contributed by atoms with van der Waals surface area (Å²) in [4.78, 5) is 8.23. The first-order valence-corrected chi connectivity index (χ1v) is 4.18. The fraction of sp³-hybridized carbons (Fsp3) is 0.167. The number of halogens is 1. The maximum atomic E-state index is 4.16. The molecule has 56 valence electrons. The predicted octanol–water partition coefficient (Wildman–Crippen LogP) is 1.27. The number of hydrogen-bond donors (Lipinski definition) is 1. The van der Waals surface area contributed by atoms with Crippen molar-refractivity contribution in [3.05, 3.63) is 15.7 Å². The summed E-state index contributed by atoms with van der Waals surface area (Å²) in [7, 11) is 0. The molecular formula is C6H5IN4. The molecule has 0 unspecified atom stereocenters. The number of aryl methyl sites for hydroxylation is 1. The monoisotopic (exact) mass is 260 g/mol. The van der Waals surface area contributed by atoms with Crippen molar-refractivity contribution in [3.8, 4) is 0 Å². The third-order valence-electron chi connectivity index (χ3n) is 1.39. The lowest BCUT2D eigenvalue weighted by Crippen LogP contribution is -1.85. The number of nitrogens with zero attached hydrogens (tertiary/aromatic N) is 3. The second-order valence-corrected chi connectivity index (χ2v) is 3.22. The van der Waals surface area contributed by atoms with Crippen LogP contribution in [0.15, 0.2) is 6.20 Å². The van der Waals surface area contributed by atoms with Gasteiger partial charge in [-0.1, -0.05) is 0 Å². The van der Waals surface area contributed by atoms with Crippen molar-refractivity contribution >= 4 is 33.6 Å². The second-order valence-electron chi connectivity index (χ2n) is 2.19. The van der Waals surface area contributed by atoms with E-state index in [9.17, 15) is 0 Å². The van der Waals surface area contributed by atoms with Crippen LogP contribution in [-0.2, 0) is 0 Å². The van der Waals surface area contributed by atoms with Crippen LogP contribution in [0.2, 0.25) is 0 Å². The zero-order chi connectivity index (χ0) is 7.84. The van der Waals surface area contributed by atoms with E-state index in [2.05, 4.69) is 42.8 Å². The van der Waals surface area contributed by atoms with Gasteiger partial charge in [-0.25, -0.2) is 9.97 Å². The minimum Gasteiger partial charge on any atom is -0.260 e. The number of rotatable bonds is 0. The van der Waals surface area contributed by atoms with E-state index in [4.69, 9.17) is 0 Å².